The summed E-state index contributed by atoms with van der Waals surface area (Å²) in [5.41, 5.74) is 3.54. The van der Waals surface area contributed by atoms with Crippen LogP contribution < -0.4 is 5.32 Å². The molecular weight excluding hydrogens is 314 g/mol. The van der Waals surface area contributed by atoms with Crippen molar-refractivity contribution in [2.24, 2.45) is 0 Å². The lowest BCUT2D eigenvalue weighted by molar-refractivity contribution is 0.262. The molecule has 2 aromatic carbocycles. The molecule has 0 fully saturated rings. The Balaban J connectivity index is 1.62. The number of nitrogens with one attached hydrogen (secondary N) is 1. The number of nitrogens with zero attached hydrogens (tertiary/aromatic N) is 2. The molecule has 130 valence electrons. The number of aromatic nitrogens is 2. The van der Waals surface area contributed by atoms with E-state index in [9.17, 15) is 5.11 Å². The molecular formula is C20H23N3O2. The van der Waals surface area contributed by atoms with E-state index < -0.39 is 0 Å². The van der Waals surface area contributed by atoms with Crippen molar-refractivity contribution >= 4 is 0 Å². The molecule has 0 radical (unpaired) electrons. The van der Waals surface area contributed by atoms with E-state index in [0.717, 1.165) is 5.56 Å². The Morgan fingerprint density at radius 2 is 1.72 bits per heavy atom. The quantitative estimate of drug-likeness (QED) is 0.660. The lowest BCUT2D eigenvalue weighted by atomic mass is 10.0. The van der Waals surface area contributed by atoms with Crippen molar-refractivity contribution in [2.75, 3.05) is 6.61 Å². The average molecular weight is 337 g/mol. The Labute approximate surface area is 147 Å². The maximum Gasteiger partial charge on any atom is 0.230 e. The van der Waals surface area contributed by atoms with Crippen LogP contribution in [0.4, 0.5) is 0 Å². The van der Waals surface area contributed by atoms with Crippen LogP contribution in [0.15, 0.2) is 59.0 Å². The minimum absolute atomic E-state index is 0.0536. The summed E-state index contributed by atoms with van der Waals surface area (Å²) in [6.45, 7) is 2.67. The van der Waals surface area contributed by atoms with Crippen LogP contribution >= 0.6 is 0 Å². The first kappa shape index (κ1) is 17.3. The van der Waals surface area contributed by atoms with Crippen molar-refractivity contribution in [3.05, 3.63) is 83.1 Å². The second-order valence-corrected chi connectivity index (χ2v) is 6.05. The highest BCUT2D eigenvalue weighted by atomic mass is 16.4. The molecule has 0 aliphatic heterocycles. The molecule has 25 heavy (non-hydrogen) atoms. The number of benzene rings is 2. The molecule has 0 amide bonds. The highest BCUT2D eigenvalue weighted by Crippen LogP contribution is 2.17. The topological polar surface area (TPSA) is 71.2 Å². The second-order valence-electron chi connectivity index (χ2n) is 6.05. The van der Waals surface area contributed by atoms with Gasteiger partial charge in [-0.2, -0.15) is 0 Å². The van der Waals surface area contributed by atoms with Crippen LogP contribution in [0.2, 0.25) is 0 Å². The summed E-state index contributed by atoms with van der Waals surface area (Å²) >= 11 is 0. The fraction of sp³-hybridized carbons (Fsp3) is 0.300. The molecule has 0 saturated carbocycles. The molecule has 3 aromatic rings. The number of rotatable bonds is 8. The fourth-order valence-electron chi connectivity index (χ4n) is 2.81. The Kier molecular flexibility index (Phi) is 5.93. The van der Waals surface area contributed by atoms with Crippen LogP contribution in [-0.4, -0.2) is 21.9 Å². The van der Waals surface area contributed by atoms with Gasteiger partial charge in [0.05, 0.1) is 13.0 Å². The van der Waals surface area contributed by atoms with Crippen molar-refractivity contribution in [2.45, 2.75) is 32.4 Å². The highest BCUT2D eigenvalue weighted by molar-refractivity contribution is 5.27. The minimum atomic E-state index is 0.0536. The fourth-order valence-corrected chi connectivity index (χ4v) is 2.81. The van der Waals surface area contributed by atoms with Gasteiger partial charge in [-0.25, -0.2) is 0 Å². The first-order chi connectivity index (χ1) is 12.3. The number of aliphatic hydroxyl groups excluding tert-OH is 1. The van der Waals surface area contributed by atoms with Gasteiger partial charge in [-0.3, -0.25) is 0 Å². The van der Waals surface area contributed by atoms with Crippen molar-refractivity contribution < 1.29 is 9.52 Å². The SMILES string of the molecule is Cc1ccccc1Cc1nnc(CNC(CCO)c2ccccc2)o1. The minimum Gasteiger partial charge on any atom is -0.424 e. The summed E-state index contributed by atoms with van der Waals surface area (Å²) in [6, 6.07) is 18.3. The predicted octanol–water partition coefficient (Wildman–Crippen LogP) is 3.18. The van der Waals surface area contributed by atoms with Gasteiger partial charge in [-0.05, 0) is 30.0 Å². The first-order valence-electron chi connectivity index (χ1n) is 8.51. The molecule has 1 unspecified atom stereocenters. The molecule has 1 atom stereocenters. The molecule has 0 aliphatic rings. The van der Waals surface area contributed by atoms with Crippen molar-refractivity contribution in [1.29, 1.82) is 0 Å². The van der Waals surface area contributed by atoms with E-state index in [1.807, 2.05) is 42.5 Å². The zero-order valence-corrected chi connectivity index (χ0v) is 14.4. The largest absolute Gasteiger partial charge is 0.424 e. The predicted molar refractivity (Wildman–Crippen MR) is 96.0 cm³/mol. The summed E-state index contributed by atoms with van der Waals surface area (Å²) in [4.78, 5) is 0. The summed E-state index contributed by atoms with van der Waals surface area (Å²) in [5, 5.41) is 21.0. The number of hydrogen-bond donors (Lipinski definition) is 2. The normalized spacial score (nSPS) is 12.2. The van der Waals surface area contributed by atoms with Crippen LogP contribution in [0, 0.1) is 6.92 Å². The third-order valence-corrected chi connectivity index (χ3v) is 4.23. The van der Waals surface area contributed by atoms with E-state index in [1.165, 1.54) is 11.1 Å². The molecule has 5 nitrogen and oxygen atoms in total. The van der Waals surface area contributed by atoms with Crippen LogP contribution in [0.3, 0.4) is 0 Å². The lowest BCUT2D eigenvalue weighted by Gasteiger charge is -2.17. The monoisotopic (exact) mass is 337 g/mol. The van der Waals surface area contributed by atoms with Gasteiger partial charge in [-0.15, -0.1) is 10.2 Å². The third kappa shape index (κ3) is 4.75. The molecule has 1 heterocycles. The van der Waals surface area contributed by atoms with E-state index in [-0.39, 0.29) is 12.6 Å². The van der Waals surface area contributed by atoms with E-state index in [2.05, 4.69) is 34.6 Å². The zero-order chi connectivity index (χ0) is 17.5. The van der Waals surface area contributed by atoms with Gasteiger partial charge in [-0.1, -0.05) is 54.6 Å². The molecule has 1 aromatic heterocycles. The molecule has 0 saturated heterocycles. The molecule has 3 rings (SSSR count). The number of hydrogen-bond acceptors (Lipinski definition) is 5. The van der Waals surface area contributed by atoms with Gasteiger partial charge in [0.2, 0.25) is 11.8 Å². The summed E-state index contributed by atoms with van der Waals surface area (Å²) in [6.07, 6.45) is 1.27. The standard InChI is InChI=1S/C20H23N3O2/c1-15-7-5-6-10-17(15)13-19-22-23-20(25-19)14-21-18(11-12-24)16-8-3-2-4-9-16/h2-10,18,21,24H,11-14H2,1H3. The summed E-state index contributed by atoms with van der Waals surface area (Å²) in [7, 11) is 0. The number of aryl methyl sites for hydroxylation is 1. The Bertz CT molecular complexity index is 786. The van der Waals surface area contributed by atoms with Crippen molar-refractivity contribution in [3.63, 3.8) is 0 Å². The summed E-state index contributed by atoms with van der Waals surface area (Å²) in [5.74, 6) is 1.17. The van der Waals surface area contributed by atoms with Crippen LogP contribution in [0.1, 0.15) is 40.9 Å². The third-order valence-electron chi connectivity index (χ3n) is 4.23. The molecule has 5 heteroatoms. The molecule has 0 bridgehead atoms. The van der Waals surface area contributed by atoms with Crippen molar-refractivity contribution in [1.82, 2.24) is 15.5 Å². The van der Waals surface area contributed by atoms with Gasteiger partial charge in [0.15, 0.2) is 0 Å². The van der Waals surface area contributed by atoms with E-state index in [4.69, 9.17) is 4.42 Å². The molecule has 2 N–H and O–H groups in total. The highest BCUT2D eigenvalue weighted by Gasteiger charge is 2.13. The van der Waals surface area contributed by atoms with Gasteiger partial charge < -0.3 is 14.8 Å². The lowest BCUT2D eigenvalue weighted by Crippen LogP contribution is -2.22. The molecule has 0 aliphatic carbocycles. The Morgan fingerprint density at radius 1 is 1.00 bits per heavy atom. The Morgan fingerprint density at radius 3 is 2.48 bits per heavy atom. The average Bonchev–Trinajstić information content (AvgIpc) is 3.09. The van der Waals surface area contributed by atoms with Gasteiger partial charge in [0.25, 0.3) is 0 Å². The number of aliphatic hydroxyl groups is 1. The second kappa shape index (κ2) is 8.55. The van der Waals surface area contributed by atoms with Crippen LogP contribution in [0.5, 0.6) is 0 Å². The van der Waals surface area contributed by atoms with E-state index >= 15 is 0 Å². The Hall–Kier alpha value is -2.50. The van der Waals surface area contributed by atoms with E-state index in [1.54, 1.807) is 0 Å². The van der Waals surface area contributed by atoms with Crippen LogP contribution in [0.25, 0.3) is 0 Å². The molecule has 0 spiro atoms. The van der Waals surface area contributed by atoms with Gasteiger partial charge in [0.1, 0.15) is 0 Å². The van der Waals surface area contributed by atoms with Gasteiger partial charge >= 0.3 is 0 Å². The van der Waals surface area contributed by atoms with E-state index in [0.29, 0.717) is 31.2 Å². The maximum absolute atomic E-state index is 9.30. The first-order valence-corrected chi connectivity index (χ1v) is 8.51. The van der Waals surface area contributed by atoms with Crippen LogP contribution in [-0.2, 0) is 13.0 Å². The van der Waals surface area contributed by atoms with Gasteiger partial charge in [0, 0.05) is 12.6 Å². The smallest absolute Gasteiger partial charge is 0.230 e. The summed E-state index contributed by atoms with van der Waals surface area (Å²) < 4.78 is 5.76. The zero-order valence-electron chi connectivity index (χ0n) is 14.4. The van der Waals surface area contributed by atoms with Crippen molar-refractivity contribution in [3.8, 4) is 0 Å². The maximum atomic E-state index is 9.30.